The van der Waals surface area contributed by atoms with Gasteiger partial charge in [-0.1, -0.05) is 30.3 Å². The number of aliphatic carboxylic acids is 1. The number of carboxylic acids is 1. The molecule has 2 atom stereocenters. The number of aliphatic hydroxyl groups is 1. The number of nitrogens with two attached hydrogens (primary N) is 1. The molecule has 0 saturated carbocycles. The molecule has 0 aliphatic carbocycles. The molecule has 0 spiro atoms. The lowest BCUT2D eigenvalue weighted by Gasteiger charge is -2.17. The maximum absolute atomic E-state index is 11.8. The van der Waals surface area contributed by atoms with E-state index >= 15 is 0 Å². The minimum absolute atomic E-state index is 0.127. The second kappa shape index (κ2) is 7.25. The van der Waals surface area contributed by atoms with E-state index in [1.165, 1.54) is 0 Å². The zero-order valence-electron chi connectivity index (χ0n) is 10.7. The molecule has 7 heteroatoms. The summed E-state index contributed by atoms with van der Waals surface area (Å²) in [5.41, 5.74) is 5.45. The van der Waals surface area contributed by atoms with Crippen LogP contribution in [0.5, 0.6) is 0 Å². The molecule has 0 aromatic heterocycles. The average Bonchev–Trinajstić information content (AvgIpc) is 2.42. The molecule has 108 valence electrons. The highest BCUT2D eigenvalue weighted by Gasteiger charge is 2.24. The molecule has 0 radical (unpaired) electrons. The molecule has 0 aliphatic rings. The standard InChI is InChI=1S/C13H16N2O5/c14-12(19)9(6-7-10(16)17)15-13(20)11(18)8-4-2-1-3-5-8/h1-5,9,11,18H,6-7H2,(H2,14,19)(H,15,20)(H,16,17)/t9-,11-/m0/s1. The molecule has 7 nitrogen and oxygen atoms in total. The van der Waals surface area contributed by atoms with Crippen molar-refractivity contribution in [2.75, 3.05) is 0 Å². The second-order valence-electron chi connectivity index (χ2n) is 4.21. The fourth-order valence-electron chi connectivity index (χ4n) is 1.59. The number of aliphatic hydroxyl groups excluding tert-OH is 1. The summed E-state index contributed by atoms with van der Waals surface area (Å²) in [5, 5.41) is 20.6. The third-order valence-electron chi connectivity index (χ3n) is 2.67. The highest BCUT2D eigenvalue weighted by molar-refractivity contribution is 5.89. The summed E-state index contributed by atoms with van der Waals surface area (Å²) in [4.78, 5) is 33.4. The maximum Gasteiger partial charge on any atom is 0.303 e. The lowest BCUT2D eigenvalue weighted by molar-refractivity contribution is -0.138. The van der Waals surface area contributed by atoms with Crippen molar-refractivity contribution in [1.29, 1.82) is 0 Å². The van der Waals surface area contributed by atoms with Gasteiger partial charge >= 0.3 is 5.97 Å². The van der Waals surface area contributed by atoms with Gasteiger partial charge in [0.25, 0.3) is 5.91 Å². The van der Waals surface area contributed by atoms with Gasteiger partial charge in [-0.15, -0.1) is 0 Å². The average molecular weight is 280 g/mol. The molecule has 0 unspecified atom stereocenters. The largest absolute Gasteiger partial charge is 0.481 e. The van der Waals surface area contributed by atoms with Crippen molar-refractivity contribution in [2.24, 2.45) is 5.73 Å². The predicted octanol–water partition coefficient (Wildman–Crippen LogP) is -0.445. The van der Waals surface area contributed by atoms with Crippen LogP contribution in [0.2, 0.25) is 0 Å². The molecule has 0 fully saturated rings. The van der Waals surface area contributed by atoms with E-state index in [9.17, 15) is 19.5 Å². The summed E-state index contributed by atoms with van der Waals surface area (Å²) in [7, 11) is 0. The summed E-state index contributed by atoms with van der Waals surface area (Å²) in [6, 6.07) is 7.02. The van der Waals surface area contributed by atoms with Crippen molar-refractivity contribution in [2.45, 2.75) is 25.0 Å². The van der Waals surface area contributed by atoms with Gasteiger partial charge in [0, 0.05) is 6.42 Å². The normalized spacial score (nSPS) is 13.2. The highest BCUT2D eigenvalue weighted by Crippen LogP contribution is 2.12. The van der Waals surface area contributed by atoms with Gasteiger partial charge in [0.15, 0.2) is 6.10 Å². The van der Waals surface area contributed by atoms with E-state index in [4.69, 9.17) is 10.8 Å². The Bertz CT molecular complexity index is 489. The van der Waals surface area contributed by atoms with Crippen LogP contribution in [0.1, 0.15) is 24.5 Å². The molecule has 1 aromatic rings. The number of hydrogen-bond acceptors (Lipinski definition) is 4. The monoisotopic (exact) mass is 280 g/mol. The summed E-state index contributed by atoms with van der Waals surface area (Å²) in [5.74, 6) is -2.75. The summed E-state index contributed by atoms with van der Waals surface area (Å²) >= 11 is 0. The Labute approximate surface area is 115 Å². The number of carboxylic acid groups (broad SMARTS) is 1. The summed E-state index contributed by atoms with van der Waals surface area (Å²) < 4.78 is 0. The van der Waals surface area contributed by atoms with Gasteiger partial charge in [0.05, 0.1) is 0 Å². The van der Waals surface area contributed by atoms with E-state index in [-0.39, 0.29) is 12.8 Å². The molecule has 0 aliphatic heterocycles. The van der Waals surface area contributed by atoms with E-state index in [2.05, 4.69) is 5.32 Å². The molecule has 0 bridgehead atoms. The van der Waals surface area contributed by atoms with Gasteiger partial charge in [-0.25, -0.2) is 0 Å². The molecule has 1 aromatic carbocycles. The zero-order chi connectivity index (χ0) is 15.1. The summed E-state index contributed by atoms with van der Waals surface area (Å²) in [6.07, 6.45) is -1.88. The molecule has 0 heterocycles. The van der Waals surface area contributed by atoms with E-state index in [0.717, 1.165) is 0 Å². The van der Waals surface area contributed by atoms with Crippen molar-refractivity contribution in [3.63, 3.8) is 0 Å². The second-order valence-corrected chi connectivity index (χ2v) is 4.21. The Hall–Kier alpha value is -2.41. The van der Waals surface area contributed by atoms with Gasteiger partial charge in [-0.2, -0.15) is 0 Å². The van der Waals surface area contributed by atoms with Gasteiger partial charge < -0.3 is 21.3 Å². The molecule has 20 heavy (non-hydrogen) atoms. The number of primary amides is 1. The zero-order valence-corrected chi connectivity index (χ0v) is 10.7. The Morgan fingerprint density at radius 3 is 2.30 bits per heavy atom. The number of benzene rings is 1. The first kappa shape index (κ1) is 15.6. The Kier molecular flexibility index (Phi) is 5.67. The van der Waals surface area contributed by atoms with E-state index in [1.54, 1.807) is 30.3 Å². The number of carbonyl (C=O) groups excluding carboxylic acids is 2. The maximum atomic E-state index is 11.8. The lowest BCUT2D eigenvalue weighted by Crippen LogP contribution is -2.46. The molecule has 2 amide bonds. The Morgan fingerprint density at radius 2 is 1.80 bits per heavy atom. The number of rotatable bonds is 7. The Morgan fingerprint density at radius 1 is 1.20 bits per heavy atom. The molecular formula is C13H16N2O5. The smallest absolute Gasteiger partial charge is 0.303 e. The fourth-order valence-corrected chi connectivity index (χ4v) is 1.59. The number of hydrogen-bond donors (Lipinski definition) is 4. The van der Waals surface area contributed by atoms with Crippen LogP contribution in [0.25, 0.3) is 0 Å². The quantitative estimate of drug-likeness (QED) is 0.537. The van der Waals surface area contributed by atoms with E-state index < -0.39 is 29.9 Å². The van der Waals surface area contributed by atoms with Crippen molar-refractivity contribution in [3.05, 3.63) is 35.9 Å². The molecule has 0 saturated heterocycles. The fraction of sp³-hybridized carbons (Fsp3) is 0.308. The van der Waals surface area contributed by atoms with Crippen LogP contribution in [0.3, 0.4) is 0 Å². The predicted molar refractivity (Wildman–Crippen MR) is 69.4 cm³/mol. The van der Waals surface area contributed by atoms with Crippen molar-refractivity contribution in [3.8, 4) is 0 Å². The van der Waals surface area contributed by atoms with Gasteiger partial charge in [0.2, 0.25) is 5.91 Å². The van der Waals surface area contributed by atoms with Crippen LogP contribution in [-0.2, 0) is 14.4 Å². The van der Waals surface area contributed by atoms with Crippen molar-refractivity contribution < 1.29 is 24.6 Å². The van der Waals surface area contributed by atoms with Gasteiger partial charge in [-0.3, -0.25) is 14.4 Å². The van der Waals surface area contributed by atoms with Crippen LogP contribution in [-0.4, -0.2) is 34.0 Å². The number of carbonyl (C=O) groups is 3. The number of nitrogens with one attached hydrogen (secondary N) is 1. The Balaban J connectivity index is 2.66. The first-order valence-electron chi connectivity index (χ1n) is 5.96. The first-order chi connectivity index (χ1) is 9.41. The van der Waals surface area contributed by atoms with E-state index in [1.807, 2.05) is 0 Å². The summed E-state index contributed by atoms with van der Waals surface area (Å²) in [6.45, 7) is 0. The van der Waals surface area contributed by atoms with Gasteiger partial charge in [0.1, 0.15) is 6.04 Å². The van der Waals surface area contributed by atoms with Gasteiger partial charge in [-0.05, 0) is 12.0 Å². The SMILES string of the molecule is NC(=O)[C@H](CCC(=O)O)NC(=O)[C@@H](O)c1ccccc1. The minimum atomic E-state index is -1.44. The third kappa shape index (κ3) is 4.69. The van der Waals surface area contributed by atoms with Crippen molar-refractivity contribution in [1.82, 2.24) is 5.32 Å². The van der Waals surface area contributed by atoms with Crippen LogP contribution in [0.15, 0.2) is 30.3 Å². The van der Waals surface area contributed by atoms with E-state index in [0.29, 0.717) is 5.56 Å². The van der Waals surface area contributed by atoms with Crippen LogP contribution >= 0.6 is 0 Å². The minimum Gasteiger partial charge on any atom is -0.481 e. The molecule has 5 N–H and O–H groups in total. The molecular weight excluding hydrogens is 264 g/mol. The van der Waals surface area contributed by atoms with Crippen LogP contribution < -0.4 is 11.1 Å². The van der Waals surface area contributed by atoms with Crippen LogP contribution in [0, 0.1) is 0 Å². The highest BCUT2D eigenvalue weighted by atomic mass is 16.4. The first-order valence-corrected chi connectivity index (χ1v) is 5.96. The van der Waals surface area contributed by atoms with Crippen LogP contribution in [0.4, 0.5) is 0 Å². The third-order valence-corrected chi connectivity index (χ3v) is 2.67. The molecule has 1 rings (SSSR count). The topological polar surface area (TPSA) is 130 Å². The lowest BCUT2D eigenvalue weighted by atomic mass is 10.1. The van der Waals surface area contributed by atoms with Crippen molar-refractivity contribution >= 4 is 17.8 Å². The number of amides is 2.